The maximum Gasteiger partial charge on any atom is 0.196 e. The first-order valence-corrected chi connectivity index (χ1v) is 7.97. The van der Waals surface area contributed by atoms with E-state index in [-0.39, 0.29) is 0 Å². The van der Waals surface area contributed by atoms with Crippen LogP contribution in [0.25, 0.3) is 0 Å². The van der Waals surface area contributed by atoms with Gasteiger partial charge in [-0.3, -0.25) is 0 Å². The summed E-state index contributed by atoms with van der Waals surface area (Å²) in [7, 11) is 0. The van der Waals surface area contributed by atoms with Gasteiger partial charge in [-0.25, -0.2) is 0 Å². The van der Waals surface area contributed by atoms with Crippen molar-refractivity contribution in [2.75, 3.05) is 0 Å². The molecular formula is C17H29NO. The highest BCUT2D eigenvalue weighted by atomic mass is 16.5. The van der Waals surface area contributed by atoms with Gasteiger partial charge in [-0.2, -0.15) is 4.73 Å². The molecule has 1 aromatic heterocycles. The van der Waals surface area contributed by atoms with Gasteiger partial charge in [0, 0.05) is 18.1 Å². The van der Waals surface area contributed by atoms with E-state index < -0.39 is 0 Å². The molecule has 0 bridgehead atoms. The zero-order valence-electron chi connectivity index (χ0n) is 12.9. The summed E-state index contributed by atoms with van der Waals surface area (Å²) in [6.45, 7) is 6.62. The largest absolute Gasteiger partial charge is 0.618 e. The molecule has 0 radical (unpaired) electrons. The van der Waals surface area contributed by atoms with Crippen LogP contribution in [0, 0.1) is 5.21 Å². The molecule has 19 heavy (non-hydrogen) atoms. The molecule has 1 aromatic rings. The summed E-state index contributed by atoms with van der Waals surface area (Å²) in [6.07, 6.45) is 11.9. The number of aromatic nitrogens is 1. The Morgan fingerprint density at radius 1 is 0.895 bits per heavy atom. The van der Waals surface area contributed by atoms with Crippen LogP contribution in [0.3, 0.4) is 0 Å². The smallest absolute Gasteiger partial charge is 0.196 e. The molecule has 0 atom stereocenters. The highest BCUT2D eigenvalue weighted by Crippen LogP contribution is 2.18. The Bertz CT molecular complexity index is 374. The van der Waals surface area contributed by atoms with Crippen LogP contribution >= 0.6 is 0 Å². The lowest BCUT2D eigenvalue weighted by atomic mass is 9.95. The molecule has 0 aliphatic rings. The van der Waals surface area contributed by atoms with Crippen molar-refractivity contribution in [3.63, 3.8) is 0 Å². The van der Waals surface area contributed by atoms with Crippen molar-refractivity contribution in [2.45, 2.75) is 78.6 Å². The Labute approximate surface area is 118 Å². The molecule has 0 amide bonds. The number of nitrogens with zero attached hydrogens (tertiary/aromatic N) is 1. The SMILES string of the molecule is CCCCc1cc[n+]([O-])c(CCCC)c1CCCC. The Balaban J connectivity index is 3.00. The first kappa shape index (κ1) is 16.0. The summed E-state index contributed by atoms with van der Waals surface area (Å²) in [6, 6.07) is 2.04. The standard InChI is InChI=1S/C17H29NO/c1-4-7-10-15-13-14-18(19)17(12-9-6-3)16(15)11-8-5-2/h13-14H,4-12H2,1-3H3. The fraction of sp³-hybridized carbons (Fsp3) is 0.706. The number of rotatable bonds is 9. The van der Waals surface area contributed by atoms with Gasteiger partial charge >= 0.3 is 0 Å². The maximum absolute atomic E-state index is 12.1. The lowest BCUT2D eigenvalue weighted by Crippen LogP contribution is -2.33. The van der Waals surface area contributed by atoms with Gasteiger partial charge in [0.25, 0.3) is 0 Å². The van der Waals surface area contributed by atoms with Crippen LogP contribution in [-0.4, -0.2) is 0 Å². The second-order valence-electron chi connectivity index (χ2n) is 5.40. The summed E-state index contributed by atoms with van der Waals surface area (Å²) >= 11 is 0. The fourth-order valence-corrected chi connectivity index (χ4v) is 2.53. The van der Waals surface area contributed by atoms with Crippen molar-refractivity contribution in [1.82, 2.24) is 0 Å². The van der Waals surface area contributed by atoms with Crippen molar-refractivity contribution >= 4 is 0 Å². The summed E-state index contributed by atoms with van der Waals surface area (Å²) in [4.78, 5) is 0. The molecule has 0 saturated carbocycles. The molecule has 0 aromatic carbocycles. The quantitative estimate of drug-likeness (QED) is 0.480. The zero-order chi connectivity index (χ0) is 14.1. The molecule has 0 N–H and O–H groups in total. The minimum absolute atomic E-state index is 0.930. The predicted octanol–water partition coefficient (Wildman–Crippen LogP) is 4.35. The molecule has 1 rings (SSSR count). The van der Waals surface area contributed by atoms with Crippen LogP contribution in [0.1, 0.15) is 76.1 Å². The molecule has 0 fully saturated rings. The average Bonchev–Trinajstić information content (AvgIpc) is 2.42. The van der Waals surface area contributed by atoms with E-state index in [4.69, 9.17) is 0 Å². The van der Waals surface area contributed by atoms with Gasteiger partial charge in [-0.05, 0) is 37.7 Å². The first-order valence-electron chi connectivity index (χ1n) is 7.97. The highest BCUT2D eigenvalue weighted by molar-refractivity contribution is 5.28. The normalized spacial score (nSPS) is 10.9. The van der Waals surface area contributed by atoms with Crippen LogP contribution in [0.15, 0.2) is 12.3 Å². The van der Waals surface area contributed by atoms with E-state index in [0.29, 0.717) is 0 Å². The molecule has 1 heterocycles. The number of hydrogen-bond acceptors (Lipinski definition) is 1. The Kier molecular flexibility index (Phi) is 7.54. The van der Waals surface area contributed by atoms with Gasteiger partial charge < -0.3 is 5.21 Å². The van der Waals surface area contributed by atoms with E-state index >= 15 is 0 Å². The van der Waals surface area contributed by atoms with E-state index in [1.807, 2.05) is 6.07 Å². The monoisotopic (exact) mass is 263 g/mol. The second-order valence-corrected chi connectivity index (χ2v) is 5.40. The molecular weight excluding hydrogens is 234 g/mol. The van der Waals surface area contributed by atoms with Gasteiger partial charge in [-0.15, -0.1) is 0 Å². The van der Waals surface area contributed by atoms with E-state index in [2.05, 4.69) is 20.8 Å². The average molecular weight is 263 g/mol. The molecule has 0 spiro atoms. The van der Waals surface area contributed by atoms with Crippen molar-refractivity contribution in [2.24, 2.45) is 0 Å². The highest BCUT2D eigenvalue weighted by Gasteiger charge is 2.16. The lowest BCUT2D eigenvalue weighted by Gasteiger charge is -2.14. The van der Waals surface area contributed by atoms with Crippen LogP contribution in [-0.2, 0) is 19.3 Å². The predicted molar refractivity (Wildman–Crippen MR) is 81.2 cm³/mol. The van der Waals surface area contributed by atoms with Gasteiger partial charge in [0.1, 0.15) is 0 Å². The van der Waals surface area contributed by atoms with E-state index in [1.54, 1.807) is 6.20 Å². The lowest BCUT2D eigenvalue weighted by molar-refractivity contribution is -0.614. The van der Waals surface area contributed by atoms with Crippen LogP contribution < -0.4 is 4.73 Å². The minimum Gasteiger partial charge on any atom is -0.618 e. The van der Waals surface area contributed by atoms with Crippen molar-refractivity contribution in [3.8, 4) is 0 Å². The van der Waals surface area contributed by atoms with E-state index in [9.17, 15) is 5.21 Å². The van der Waals surface area contributed by atoms with Gasteiger partial charge in [0.05, 0.1) is 0 Å². The number of pyridine rings is 1. The van der Waals surface area contributed by atoms with Crippen molar-refractivity contribution in [3.05, 3.63) is 34.3 Å². The Morgan fingerprint density at radius 3 is 2.11 bits per heavy atom. The maximum atomic E-state index is 12.1. The summed E-state index contributed by atoms with van der Waals surface area (Å²) in [5.41, 5.74) is 3.79. The van der Waals surface area contributed by atoms with E-state index in [0.717, 1.165) is 42.5 Å². The fourth-order valence-electron chi connectivity index (χ4n) is 2.53. The summed E-state index contributed by atoms with van der Waals surface area (Å²) in [5.74, 6) is 0. The van der Waals surface area contributed by atoms with Gasteiger partial charge in [-0.1, -0.05) is 40.0 Å². The third-order valence-electron chi connectivity index (χ3n) is 3.76. The van der Waals surface area contributed by atoms with Crippen molar-refractivity contribution < 1.29 is 4.73 Å². The van der Waals surface area contributed by atoms with Crippen molar-refractivity contribution in [1.29, 1.82) is 0 Å². The van der Waals surface area contributed by atoms with Gasteiger partial charge in [0.2, 0.25) is 0 Å². The number of hydrogen-bond donors (Lipinski definition) is 0. The van der Waals surface area contributed by atoms with Crippen LogP contribution in [0.4, 0.5) is 0 Å². The number of unbranched alkanes of at least 4 members (excludes halogenated alkanes) is 3. The summed E-state index contributed by atoms with van der Waals surface area (Å²) in [5, 5.41) is 12.1. The molecule has 2 nitrogen and oxygen atoms in total. The van der Waals surface area contributed by atoms with E-state index in [1.165, 1.54) is 36.8 Å². The topological polar surface area (TPSA) is 26.9 Å². The van der Waals surface area contributed by atoms with Crippen LogP contribution in [0.5, 0.6) is 0 Å². The van der Waals surface area contributed by atoms with Gasteiger partial charge in [0.15, 0.2) is 11.9 Å². The Hall–Kier alpha value is -1.05. The third kappa shape index (κ3) is 4.85. The molecule has 2 heteroatoms. The molecule has 0 unspecified atom stereocenters. The molecule has 0 saturated heterocycles. The second kappa shape index (κ2) is 8.95. The minimum atomic E-state index is 0.930. The number of aryl methyl sites for hydroxylation is 1. The molecule has 0 aliphatic heterocycles. The summed E-state index contributed by atoms with van der Waals surface area (Å²) < 4.78 is 1.11. The third-order valence-corrected chi connectivity index (χ3v) is 3.76. The Morgan fingerprint density at radius 2 is 1.47 bits per heavy atom. The molecule has 108 valence electrons. The van der Waals surface area contributed by atoms with Crippen LogP contribution in [0.2, 0.25) is 0 Å². The zero-order valence-corrected chi connectivity index (χ0v) is 12.9. The first-order chi connectivity index (χ1) is 9.24. The molecule has 0 aliphatic carbocycles.